The van der Waals surface area contributed by atoms with Crippen LogP contribution < -0.4 is 5.32 Å². The summed E-state index contributed by atoms with van der Waals surface area (Å²) in [6.45, 7) is 6.21. The van der Waals surface area contributed by atoms with E-state index in [9.17, 15) is 0 Å². The van der Waals surface area contributed by atoms with E-state index in [4.69, 9.17) is 11.6 Å². The lowest BCUT2D eigenvalue weighted by molar-refractivity contribution is 0.726. The summed E-state index contributed by atoms with van der Waals surface area (Å²) in [5, 5.41) is 4.21. The van der Waals surface area contributed by atoms with Gasteiger partial charge in [0, 0.05) is 11.6 Å². The molecule has 0 atom stereocenters. The molecule has 0 bridgehead atoms. The van der Waals surface area contributed by atoms with E-state index in [0.717, 1.165) is 24.5 Å². The molecule has 0 spiro atoms. The molecule has 0 saturated heterocycles. The number of hydrogen-bond donors (Lipinski definition) is 1. The lowest BCUT2D eigenvalue weighted by Gasteiger charge is -2.07. The summed E-state index contributed by atoms with van der Waals surface area (Å²) in [6.07, 6.45) is 3.53. The number of hydrogen-bond acceptors (Lipinski definition) is 1. The Kier molecular flexibility index (Phi) is 5.74. The van der Waals surface area contributed by atoms with Crippen molar-refractivity contribution in [2.24, 2.45) is 0 Å². The van der Waals surface area contributed by atoms with Crippen LogP contribution in [0.3, 0.4) is 0 Å². The molecule has 0 fully saturated rings. The molecule has 0 unspecified atom stereocenters. The molecule has 1 N–H and O–H groups in total. The Morgan fingerprint density at radius 2 is 2.07 bits per heavy atom. The molecule has 1 aromatic rings. The molecule has 1 aromatic carbocycles. The van der Waals surface area contributed by atoms with Crippen molar-refractivity contribution in [3.63, 3.8) is 0 Å². The number of halogens is 1. The van der Waals surface area contributed by atoms with Gasteiger partial charge in [-0.05, 0) is 36.6 Å². The summed E-state index contributed by atoms with van der Waals surface area (Å²) in [7, 11) is 0. The largest absolute Gasteiger partial charge is 0.313 e. The molecule has 1 rings (SSSR count). The highest BCUT2D eigenvalue weighted by atomic mass is 35.5. The van der Waals surface area contributed by atoms with Crippen LogP contribution in [0.15, 0.2) is 18.2 Å². The van der Waals surface area contributed by atoms with Gasteiger partial charge in [0.2, 0.25) is 0 Å². The van der Waals surface area contributed by atoms with Crippen LogP contribution in [0.25, 0.3) is 0 Å². The number of unbranched alkanes of at least 4 members (excludes halogenated alkanes) is 1. The van der Waals surface area contributed by atoms with Gasteiger partial charge in [0.1, 0.15) is 0 Å². The predicted octanol–water partition coefficient (Wildman–Crippen LogP) is 3.79. The Bertz CT molecular complexity index is 297. The third-order valence-corrected chi connectivity index (χ3v) is 2.85. The summed E-state index contributed by atoms with van der Waals surface area (Å²) < 4.78 is 0. The number of aryl methyl sites for hydroxylation is 1. The predicted molar refractivity (Wildman–Crippen MR) is 67.4 cm³/mol. The summed E-state index contributed by atoms with van der Waals surface area (Å²) in [5.74, 6) is 0. The lowest BCUT2D eigenvalue weighted by atomic mass is 10.1. The molecular weight excluding hydrogens is 206 g/mol. The Morgan fingerprint density at radius 3 is 2.67 bits per heavy atom. The molecule has 1 nitrogen and oxygen atoms in total. The molecule has 0 aromatic heterocycles. The maximum absolute atomic E-state index is 6.22. The topological polar surface area (TPSA) is 12.0 Å². The molecular formula is C13H20ClN. The van der Waals surface area contributed by atoms with Crippen molar-refractivity contribution >= 4 is 11.6 Å². The molecule has 0 aliphatic carbocycles. The Hall–Kier alpha value is -0.530. The van der Waals surface area contributed by atoms with Crippen molar-refractivity contribution in [1.29, 1.82) is 0 Å². The van der Waals surface area contributed by atoms with Gasteiger partial charge in [0.25, 0.3) is 0 Å². The first-order valence-electron chi connectivity index (χ1n) is 5.76. The molecule has 0 aliphatic rings. The van der Waals surface area contributed by atoms with E-state index in [0.29, 0.717) is 0 Å². The highest BCUT2D eigenvalue weighted by Gasteiger charge is 2.01. The summed E-state index contributed by atoms with van der Waals surface area (Å²) in [6, 6.07) is 6.40. The fourth-order valence-corrected chi connectivity index (χ4v) is 1.84. The first-order chi connectivity index (χ1) is 7.27. The zero-order chi connectivity index (χ0) is 11.1. The van der Waals surface area contributed by atoms with Gasteiger partial charge in [-0.1, -0.05) is 44.0 Å². The SMILES string of the molecule is CCCCc1ccc(CNCC)cc1Cl. The molecule has 0 radical (unpaired) electrons. The average Bonchev–Trinajstić information content (AvgIpc) is 2.25. The number of rotatable bonds is 6. The van der Waals surface area contributed by atoms with Crippen molar-refractivity contribution < 1.29 is 0 Å². The van der Waals surface area contributed by atoms with Crippen molar-refractivity contribution in [2.45, 2.75) is 39.7 Å². The van der Waals surface area contributed by atoms with Gasteiger partial charge in [-0.2, -0.15) is 0 Å². The fourth-order valence-electron chi connectivity index (χ4n) is 1.54. The van der Waals surface area contributed by atoms with Crippen LogP contribution in [0.4, 0.5) is 0 Å². The van der Waals surface area contributed by atoms with E-state index in [2.05, 4.69) is 37.4 Å². The fraction of sp³-hybridized carbons (Fsp3) is 0.538. The van der Waals surface area contributed by atoms with E-state index >= 15 is 0 Å². The lowest BCUT2D eigenvalue weighted by Crippen LogP contribution is -2.11. The quantitative estimate of drug-likeness (QED) is 0.777. The maximum Gasteiger partial charge on any atom is 0.0441 e. The third-order valence-electron chi connectivity index (χ3n) is 2.50. The smallest absolute Gasteiger partial charge is 0.0441 e. The standard InChI is InChI=1S/C13H20ClN/c1-3-5-6-12-8-7-11(9-13(12)14)10-15-4-2/h7-9,15H,3-6,10H2,1-2H3. The second-order valence-electron chi connectivity index (χ2n) is 3.81. The van der Waals surface area contributed by atoms with Crippen LogP contribution in [0, 0.1) is 0 Å². The number of nitrogens with one attached hydrogen (secondary N) is 1. The van der Waals surface area contributed by atoms with Crippen LogP contribution in [0.2, 0.25) is 5.02 Å². The van der Waals surface area contributed by atoms with Crippen LogP contribution >= 0.6 is 11.6 Å². The van der Waals surface area contributed by atoms with E-state index < -0.39 is 0 Å². The van der Waals surface area contributed by atoms with Crippen LogP contribution in [-0.4, -0.2) is 6.54 Å². The van der Waals surface area contributed by atoms with Gasteiger partial charge in [0.15, 0.2) is 0 Å². The molecule has 0 saturated carbocycles. The summed E-state index contributed by atoms with van der Waals surface area (Å²) >= 11 is 6.22. The van der Waals surface area contributed by atoms with Crippen molar-refractivity contribution in [3.8, 4) is 0 Å². The van der Waals surface area contributed by atoms with E-state index in [1.807, 2.05) is 0 Å². The van der Waals surface area contributed by atoms with Crippen LogP contribution in [0.5, 0.6) is 0 Å². The summed E-state index contributed by atoms with van der Waals surface area (Å²) in [5.41, 5.74) is 2.54. The van der Waals surface area contributed by atoms with Crippen molar-refractivity contribution in [1.82, 2.24) is 5.32 Å². The monoisotopic (exact) mass is 225 g/mol. The Labute approximate surface area is 97.8 Å². The minimum Gasteiger partial charge on any atom is -0.313 e. The van der Waals surface area contributed by atoms with Gasteiger partial charge in [-0.25, -0.2) is 0 Å². The van der Waals surface area contributed by atoms with Gasteiger partial charge in [-0.15, -0.1) is 0 Å². The van der Waals surface area contributed by atoms with Gasteiger partial charge in [0.05, 0.1) is 0 Å². The van der Waals surface area contributed by atoms with Gasteiger partial charge < -0.3 is 5.32 Å². The zero-order valence-corrected chi connectivity index (χ0v) is 10.4. The second-order valence-corrected chi connectivity index (χ2v) is 4.22. The van der Waals surface area contributed by atoms with Crippen LogP contribution in [0.1, 0.15) is 37.8 Å². The molecule has 15 heavy (non-hydrogen) atoms. The molecule has 0 heterocycles. The third kappa shape index (κ3) is 4.23. The Balaban J connectivity index is 2.61. The molecule has 0 amide bonds. The minimum atomic E-state index is 0.907. The van der Waals surface area contributed by atoms with E-state index in [1.165, 1.54) is 24.0 Å². The minimum absolute atomic E-state index is 0.907. The van der Waals surface area contributed by atoms with Crippen LogP contribution in [-0.2, 0) is 13.0 Å². The average molecular weight is 226 g/mol. The van der Waals surface area contributed by atoms with E-state index in [1.54, 1.807) is 0 Å². The normalized spacial score (nSPS) is 10.6. The number of benzene rings is 1. The highest BCUT2D eigenvalue weighted by molar-refractivity contribution is 6.31. The second kappa shape index (κ2) is 6.86. The first kappa shape index (κ1) is 12.5. The molecule has 0 aliphatic heterocycles. The van der Waals surface area contributed by atoms with E-state index in [-0.39, 0.29) is 0 Å². The highest BCUT2D eigenvalue weighted by Crippen LogP contribution is 2.19. The van der Waals surface area contributed by atoms with Gasteiger partial charge >= 0.3 is 0 Å². The van der Waals surface area contributed by atoms with Crippen molar-refractivity contribution in [2.75, 3.05) is 6.54 Å². The van der Waals surface area contributed by atoms with Gasteiger partial charge in [-0.3, -0.25) is 0 Å². The molecule has 2 heteroatoms. The summed E-state index contributed by atoms with van der Waals surface area (Å²) in [4.78, 5) is 0. The Morgan fingerprint density at radius 1 is 1.27 bits per heavy atom. The maximum atomic E-state index is 6.22. The zero-order valence-electron chi connectivity index (χ0n) is 9.65. The molecule has 84 valence electrons. The van der Waals surface area contributed by atoms with Crippen molar-refractivity contribution in [3.05, 3.63) is 34.3 Å². The first-order valence-corrected chi connectivity index (χ1v) is 6.13.